The smallest absolute Gasteiger partial charge is 0.0352 e. The Morgan fingerprint density at radius 3 is 2.73 bits per heavy atom. The SMILES string of the molecule is CSc1ccc(NC2CCCSC2)cc1. The van der Waals surface area contributed by atoms with Crippen LogP contribution in [0.4, 0.5) is 5.69 Å². The van der Waals surface area contributed by atoms with Crippen molar-refractivity contribution in [3.63, 3.8) is 0 Å². The highest BCUT2D eigenvalue weighted by molar-refractivity contribution is 7.99. The third-order valence-electron chi connectivity index (χ3n) is 2.62. The lowest BCUT2D eigenvalue weighted by atomic mass is 10.2. The molecule has 2 rings (SSSR count). The highest BCUT2D eigenvalue weighted by Crippen LogP contribution is 2.22. The van der Waals surface area contributed by atoms with Gasteiger partial charge in [0.1, 0.15) is 0 Å². The minimum absolute atomic E-state index is 0.670. The number of benzene rings is 1. The first-order valence-corrected chi connectivity index (χ1v) is 7.75. The van der Waals surface area contributed by atoms with E-state index >= 15 is 0 Å². The van der Waals surface area contributed by atoms with E-state index in [0.717, 1.165) is 0 Å². The van der Waals surface area contributed by atoms with Gasteiger partial charge in [-0.3, -0.25) is 0 Å². The molecule has 1 atom stereocenters. The van der Waals surface area contributed by atoms with Gasteiger partial charge >= 0.3 is 0 Å². The van der Waals surface area contributed by atoms with Crippen molar-refractivity contribution in [3.05, 3.63) is 24.3 Å². The molecule has 1 fully saturated rings. The molecule has 1 unspecified atom stereocenters. The molecule has 0 aliphatic carbocycles. The lowest BCUT2D eigenvalue weighted by Gasteiger charge is -2.23. The second-order valence-electron chi connectivity index (χ2n) is 3.79. The van der Waals surface area contributed by atoms with Crippen molar-refractivity contribution < 1.29 is 0 Å². The first kappa shape index (κ1) is 11.2. The zero-order chi connectivity index (χ0) is 10.5. The molecule has 1 aliphatic rings. The number of nitrogens with one attached hydrogen (secondary N) is 1. The standard InChI is InChI=1S/C12H17NS2/c1-14-12-6-4-10(5-7-12)13-11-3-2-8-15-9-11/h4-7,11,13H,2-3,8-9H2,1H3. The lowest BCUT2D eigenvalue weighted by molar-refractivity contribution is 0.685. The molecule has 0 aromatic heterocycles. The zero-order valence-electron chi connectivity index (χ0n) is 9.03. The van der Waals surface area contributed by atoms with Gasteiger partial charge in [-0.1, -0.05) is 0 Å². The van der Waals surface area contributed by atoms with Gasteiger partial charge in [-0.25, -0.2) is 0 Å². The van der Waals surface area contributed by atoms with Crippen LogP contribution in [-0.2, 0) is 0 Å². The Morgan fingerprint density at radius 1 is 1.33 bits per heavy atom. The van der Waals surface area contributed by atoms with E-state index in [0.29, 0.717) is 6.04 Å². The molecule has 0 saturated carbocycles. The van der Waals surface area contributed by atoms with E-state index < -0.39 is 0 Å². The fraction of sp³-hybridized carbons (Fsp3) is 0.500. The molecule has 0 spiro atoms. The predicted octanol–water partition coefficient (Wildman–Crippen LogP) is 3.72. The molecule has 1 heterocycles. The monoisotopic (exact) mass is 239 g/mol. The molecular weight excluding hydrogens is 222 g/mol. The van der Waals surface area contributed by atoms with E-state index in [-0.39, 0.29) is 0 Å². The van der Waals surface area contributed by atoms with E-state index in [1.807, 2.05) is 0 Å². The fourth-order valence-electron chi connectivity index (χ4n) is 1.78. The van der Waals surface area contributed by atoms with Gasteiger partial charge in [0.2, 0.25) is 0 Å². The lowest BCUT2D eigenvalue weighted by Crippen LogP contribution is -2.25. The normalized spacial score (nSPS) is 21.3. The molecule has 0 amide bonds. The molecule has 1 N–H and O–H groups in total. The minimum Gasteiger partial charge on any atom is -0.381 e. The molecule has 1 nitrogen and oxygen atoms in total. The quantitative estimate of drug-likeness (QED) is 0.808. The Kier molecular flexibility index (Phi) is 4.27. The molecule has 1 saturated heterocycles. The summed E-state index contributed by atoms with van der Waals surface area (Å²) in [5.74, 6) is 2.59. The van der Waals surface area contributed by atoms with Crippen LogP contribution in [0.15, 0.2) is 29.2 Å². The van der Waals surface area contributed by atoms with Crippen LogP contribution in [0.25, 0.3) is 0 Å². The summed E-state index contributed by atoms with van der Waals surface area (Å²) in [5, 5.41) is 3.60. The number of thioether (sulfide) groups is 2. The second kappa shape index (κ2) is 5.71. The van der Waals surface area contributed by atoms with Crippen LogP contribution < -0.4 is 5.32 Å². The summed E-state index contributed by atoms with van der Waals surface area (Å²) >= 11 is 3.85. The highest BCUT2D eigenvalue weighted by Gasteiger charge is 2.12. The van der Waals surface area contributed by atoms with Gasteiger partial charge in [0.25, 0.3) is 0 Å². The van der Waals surface area contributed by atoms with Gasteiger partial charge < -0.3 is 5.32 Å². The Hall–Kier alpha value is -0.280. The van der Waals surface area contributed by atoms with Crippen LogP contribution in [0.1, 0.15) is 12.8 Å². The molecule has 1 aliphatic heterocycles. The molecule has 1 aromatic carbocycles. The predicted molar refractivity (Wildman–Crippen MR) is 72.2 cm³/mol. The second-order valence-corrected chi connectivity index (χ2v) is 5.82. The summed E-state index contributed by atoms with van der Waals surface area (Å²) in [4.78, 5) is 1.33. The summed E-state index contributed by atoms with van der Waals surface area (Å²) in [7, 11) is 0. The van der Waals surface area contributed by atoms with Crippen molar-refractivity contribution in [2.45, 2.75) is 23.8 Å². The molecule has 3 heteroatoms. The van der Waals surface area contributed by atoms with Crippen molar-refractivity contribution >= 4 is 29.2 Å². The van der Waals surface area contributed by atoms with E-state index in [1.54, 1.807) is 11.8 Å². The van der Waals surface area contributed by atoms with Gasteiger partial charge in [-0.2, -0.15) is 11.8 Å². The van der Waals surface area contributed by atoms with E-state index in [9.17, 15) is 0 Å². The van der Waals surface area contributed by atoms with Gasteiger partial charge in [0, 0.05) is 22.4 Å². The third-order valence-corrected chi connectivity index (χ3v) is 4.58. The van der Waals surface area contributed by atoms with Crippen molar-refractivity contribution in [2.75, 3.05) is 23.1 Å². The number of hydrogen-bond donors (Lipinski definition) is 1. The topological polar surface area (TPSA) is 12.0 Å². The molecule has 1 aromatic rings. The van der Waals surface area contributed by atoms with Crippen LogP contribution in [0, 0.1) is 0 Å². The molecule has 0 radical (unpaired) electrons. The summed E-state index contributed by atoms with van der Waals surface area (Å²) in [5.41, 5.74) is 1.26. The van der Waals surface area contributed by atoms with E-state index in [4.69, 9.17) is 0 Å². The van der Waals surface area contributed by atoms with Crippen molar-refractivity contribution in [2.24, 2.45) is 0 Å². The van der Waals surface area contributed by atoms with Crippen LogP contribution in [-0.4, -0.2) is 23.8 Å². The summed E-state index contributed by atoms with van der Waals surface area (Å²) < 4.78 is 0. The summed E-state index contributed by atoms with van der Waals surface area (Å²) in [6.07, 6.45) is 4.78. The molecular formula is C12H17NS2. The first-order chi connectivity index (χ1) is 7.38. The van der Waals surface area contributed by atoms with Gasteiger partial charge in [-0.05, 0) is 49.1 Å². The molecule has 0 bridgehead atoms. The van der Waals surface area contributed by atoms with Crippen molar-refractivity contribution in [1.29, 1.82) is 0 Å². The van der Waals surface area contributed by atoms with Crippen molar-refractivity contribution in [3.8, 4) is 0 Å². The van der Waals surface area contributed by atoms with E-state index in [2.05, 4.69) is 47.6 Å². The Morgan fingerprint density at radius 2 is 2.13 bits per heavy atom. The average Bonchev–Trinajstić information content (AvgIpc) is 2.31. The molecule has 15 heavy (non-hydrogen) atoms. The highest BCUT2D eigenvalue weighted by atomic mass is 32.2. The maximum atomic E-state index is 3.60. The van der Waals surface area contributed by atoms with Crippen LogP contribution in [0.2, 0.25) is 0 Å². The molecule has 82 valence electrons. The largest absolute Gasteiger partial charge is 0.381 e. The Labute approximate surface area is 100 Å². The average molecular weight is 239 g/mol. The maximum absolute atomic E-state index is 3.60. The van der Waals surface area contributed by atoms with Crippen LogP contribution >= 0.6 is 23.5 Å². The number of hydrogen-bond acceptors (Lipinski definition) is 3. The Bertz CT molecular complexity index is 291. The minimum atomic E-state index is 0.670. The fourth-order valence-corrected chi connectivity index (χ4v) is 3.26. The van der Waals surface area contributed by atoms with Gasteiger partial charge in [0.15, 0.2) is 0 Å². The number of rotatable bonds is 3. The van der Waals surface area contributed by atoms with Crippen molar-refractivity contribution in [1.82, 2.24) is 0 Å². The zero-order valence-corrected chi connectivity index (χ0v) is 10.7. The third kappa shape index (κ3) is 3.35. The first-order valence-electron chi connectivity index (χ1n) is 5.37. The summed E-state index contributed by atoms with van der Waals surface area (Å²) in [6.45, 7) is 0. The van der Waals surface area contributed by atoms with Crippen LogP contribution in [0.3, 0.4) is 0 Å². The van der Waals surface area contributed by atoms with Gasteiger partial charge in [-0.15, -0.1) is 11.8 Å². The Balaban J connectivity index is 1.91. The van der Waals surface area contributed by atoms with E-state index in [1.165, 1.54) is 34.9 Å². The number of anilines is 1. The van der Waals surface area contributed by atoms with Gasteiger partial charge in [0.05, 0.1) is 0 Å². The van der Waals surface area contributed by atoms with Crippen LogP contribution in [0.5, 0.6) is 0 Å². The maximum Gasteiger partial charge on any atom is 0.0352 e. The summed E-state index contributed by atoms with van der Waals surface area (Å²) in [6, 6.07) is 9.41.